The van der Waals surface area contributed by atoms with E-state index < -0.39 is 0 Å². The van der Waals surface area contributed by atoms with E-state index in [0.717, 1.165) is 11.3 Å². The van der Waals surface area contributed by atoms with Gasteiger partial charge in [0.15, 0.2) is 0 Å². The smallest absolute Gasteiger partial charge is 0.122 e. The molecule has 0 heterocycles. The van der Waals surface area contributed by atoms with Crippen LogP contribution in [0.3, 0.4) is 0 Å². The second-order valence-corrected chi connectivity index (χ2v) is 4.28. The van der Waals surface area contributed by atoms with Crippen molar-refractivity contribution in [2.75, 3.05) is 7.11 Å². The van der Waals surface area contributed by atoms with Gasteiger partial charge in [0.25, 0.3) is 0 Å². The fraction of sp³-hybridized carbons (Fsp3) is 0.538. The maximum atomic E-state index is 9.31. The highest BCUT2D eigenvalue weighted by Crippen LogP contribution is 2.27. The minimum atomic E-state index is -0.306. The molecule has 0 radical (unpaired) electrons. The summed E-state index contributed by atoms with van der Waals surface area (Å²) in [5, 5.41) is 9.31. The molecule has 2 heteroatoms. The Balaban J connectivity index is 2.97. The number of hydrogen-bond acceptors (Lipinski definition) is 2. The van der Waals surface area contributed by atoms with Crippen LogP contribution in [0.15, 0.2) is 18.2 Å². The van der Waals surface area contributed by atoms with Crippen molar-refractivity contribution in [2.45, 2.75) is 39.2 Å². The monoisotopic (exact) mass is 208 g/mol. The molecule has 1 aromatic carbocycles. The maximum absolute atomic E-state index is 9.31. The summed E-state index contributed by atoms with van der Waals surface area (Å²) >= 11 is 0. The van der Waals surface area contributed by atoms with Crippen LogP contribution >= 0.6 is 0 Å². The van der Waals surface area contributed by atoms with Gasteiger partial charge in [0.2, 0.25) is 0 Å². The molecule has 84 valence electrons. The largest absolute Gasteiger partial charge is 0.496 e. The van der Waals surface area contributed by atoms with E-state index in [4.69, 9.17) is 4.74 Å². The Labute approximate surface area is 91.9 Å². The first-order valence-electron chi connectivity index (χ1n) is 5.39. The first-order valence-corrected chi connectivity index (χ1v) is 5.39. The van der Waals surface area contributed by atoms with Crippen LogP contribution in [0.5, 0.6) is 5.75 Å². The van der Waals surface area contributed by atoms with E-state index in [1.807, 2.05) is 6.07 Å². The van der Waals surface area contributed by atoms with E-state index >= 15 is 0 Å². The minimum absolute atomic E-state index is 0.306. The van der Waals surface area contributed by atoms with Crippen molar-refractivity contribution in [3.8, 4) is 5.75 Å². The number of aliphatic hydroxyl groups excluding tert-OH is 1. The first-order chi connectivity index (χ1) is 7.04. The van der Waals surface area contributed by atoms with Gasteiger partial charge in [-0.1, -0.05) is 26.0 Å². The van der Waals surface area contributed by atoms with Gasteiger partial charge in [-0.25, -0.2) is 0 Å². The number of rotatable bonds is 4. The average Bonchev–Trinajstić information content (AvgIpc) is 2.16. The van der Waals surface area contributed by atoms with E-state index in [1.54, 1.807) is 14.0 Å². The summed E-state index contributed by atoms with van der Waals surface area (Å²) < 4.78 is 5.35. The topological polar surface area (TPSA) is 29.5 Å². The van der Waals surface area contributed by atoms with Crippen molar-refractivity contribution in [2.24, 2.45) is 0 Å². The molecule has 0 spiro atoms. The molecule has 0 saturated heterocycles. The van der Waals surface area contributed by atoms with E-state index in [2.05, 4.69) is 26.0 Å². The van der Waals surface area contributed by atoms with Gasteiger partial charge in [0.1, 0.15) is 5.75 Å². The highest BCUT2D eigenvalue weighted by atomic mass is 16.5. The Kier molecular flexibility index (Phi) is 4.15. The van der Waals surface area contributed by atoms with Gasteiger partial charge in [-0.2, -0.15) is 0 Å². The first kappa shape index (κ1) is 12.1. The molecule has 1 unspecified atom stereocenters. The second-order valence-electron chi connectivity index (χ2n) is 4.28. The molecule has 0 saturated carbocycles. The molecule has 1 N–H and O–H groups in total. The SMILES string of the molecule is COc1cc(CC(C)O)ccc1C(C)C. The van der Waals surface area contributed by atoms with Crippen LogP contribution in [0.2, 0.25) is 0 Å². The lowest BCUT2D eigenvalue weighted by Crippen LogP contribution is -2.05. The van der Waals surface area contributed by atoms with Crippen LogP contribution < -0.4 is 4.74 Å². The quantitative estimate of drug-likeness (QED) is 0.824. The van der Waals surface area contributed by atoms with Crippen LogP contribution in [0.1, 0.15) is 37.8 Å². The molecule has 1 rings (SSSR count). The molecule has 0 aliphatic rings. The van der Waals surface area contributed by atoms with Crippen LogP contribution in [-0.2, 0) is 6.42 Å². The van der Waals surface area contributed by atoms with E-state index in [-0.39, 0.29) is 6.10 Å². The average molecular weight is 208 g/mol. The molecule has 0 amide bonds. The standard InChI is InChI=1S/C13H20O2/c1-9(2)12-6-5-11(7-10(3)14)8-13(12)15-4/h5-6,8-10,14H,7H2,1-4H3. The molecule has 1 aromatic rings. The number of aliphatic hydroxyl groups is 1. The molecule has 0 aliphatic carbocycles. The summed E-state index contributed by atoms with van der Waals surface area (Å²) in [4.78, 5) is 0. The van der Waals surface area contributed by atoms with Gasteiger partial charge in [0, 0.05) is 0 Å². The van der Waals surface area contributed by atoms with Gasteiger partial charge >= 0.3 is 0 Å². The molecular weight excluding hydrogens is 188 g/mol. The fourth-order valence-corrected chi connectivity index (χ4v) is 1.70. The van der Waals surface area contributed by atoms with Crippen molar-refractivity contribution in [3.63, 3.8) is 0 Å². The number of ether oxygens (including phenoxy) is 1. The summed E-state index contributed by atoms with van der Waals surface area (Å²) in [6, 6.07) is 6.16. The third-order valence-electron chi connectivity index (χ3n) is 2.45. The number of benzene rings is 1. The molecule has 0 aliphatic heterocycles. The van der Waals surface area contributed by atoms with Crippen molar-refractivity contribution in [3.05, 3.63) is 29.3 Å². The highest BCUT2D eigenvalue weighted by Gasteiger charge is 2.08. The molecule has 1 atom stereocenters. The summed E-state index contributed by atoms with van der Waals surface area (Å²) in [5.41, 5.74) is 2.33. The Morgan fingerprint density at radius 2 is 1.93 bits per heavy atom. The third-order valence-corrected chi connectivity index (χ3v) is 2.45. The zero-order valence-electron chi connectivity index (χ0n) is 9.95. The van der Waals surface area contributed by atoms with Crippen molar-refractivity contribution in [1.29, 1.82) is 0 Å². The van der Waals surface area contributed by atoms with Crippen molar-refractivity contribution < 1.29 is 9.84 Å². The van der Waals surface area contributed by atoms with Crippen LogP contribution in [0.4, 0.5) is 0 Å². The number of hydrogen-bond donors (Lipinski definition) is 1. The molecular formula is C13H20O2. The predicted molar refractivity (Wildman–Crippen MR) is 62.5 cm³/mol. The Hall–Kier alpha value is -1.02. The summed E-state index contributed by atoms with van der Waals surface area (Å²) in [5.74, 6) is 1.38. The lowest BCUT2D eigenvalue weighted by atomic mass is 9.98. The van der Waals surface area contributed by atoms with Gasteiger partial charge < -0.3 is 9.84 Å². The fourth-order valence-electron chi connectivity index (χ4n) is 1.70. The van der Waals surface area contributed by atoms with Gasteiger partial charge in [-0.05, 0) is 36.5 Å². The van der Waals surface area contributed by atoms with Crippen LogP contribution in [-0.4, -0.2) is 18.3 Å². The lowest BCUT2D eigenvalue weighted by Gasteiger charge is -2.13. The van der Waals surface area contributed by atoms with Crippen molar-refractivity contribution in [1.82, 2.24) is 0 Å². The number of methoxy groups -OCH3 is 1. The van der Waals surface area contributed by atoms with E-state index in [1.165, 1.54) is 5.56 Å². The zero-order valence-corrected chi connectivity index (χ0v) is 9.95. The highest BCUT2D eigenvalue weighted by molar-refractivity contribution is 5.39. The van der Waals surface area contributed by atoms with Gasteiger partial charge in [-0.3, -0.25) is 0 Å². The van der Waals surface area contributed by atoms with Crippen molar-refractivity contribution >= 4 is 0 Å². The van der Waals surface area contributed by atoms with E-state index in [9.17, 15) is 5.11 Å². The Morgan fingerprint density at radius 1 is 1.27 bits per heavy atom. The summed E-state index contributed by atoms with van der Waals surface area (Å²) in [7, 11) is 1.69. The van der Waals surface area contributed by atoms with Crippen LogP contribution in [0.25, 0.3) is 0 Å². The third kappa shape index (κ3) is 3.24. The molecule has 15 heavy (non-hydrogen) atoms. The Morgan fingerprint density at radius 3 is 2.40 bits per heavy atom. The summed E-state index contributed by atoms with van der Waals surface area (Å²) in [6.45, 7) is 6.08. The maximum Gasteiger partial charge on any atom is 0.122 e. The lowest BCUT2D eigenvalue weighted by molar-refractivity contribution is 0.195. The molecule has 0 aromatic heterocycles. The predicted octanol–water partition coefficient (Wildman–Crippen LogP) is 2.74. The summed E-state index contributed by atoms with van der Waals surface area (Å²) in [6.07, 6.45) is 0.369. The molecule has 0 bridgehead atoms. The normalized spacial score (nSPS) is 12.9. The molecule has 0 fully saturated rings. The van der Waals surface area contributed by atoms with E-state index in [0.29, 0.717) is 12.3 Å². The second kappa shape index (κ2) is 5.17. The van der Waals surface area contributed by atoms with Gasteiger partial charge in [0.05, 0.1) is 13.2 Å². The van der Waals surface area contributed by atoms with Gasteiger partial charge in [-0.15, -0.1) is 0 Å². The van der Waals surface area contributed by atoms with Crippen LogP contribution in [0, 0.1) is 0 Å². The molecule has 2 nitrogen and oxygen atoms in total. The Bertz CT molecular complexity index is 316. The minimum Gasteiger partial charge on any atom is -0.496 e. The zero-order chi connectivity index (χ0) is 11.4.